The van der Waals surface area contributed by atoms with E-state index in [0.717, 1.165) is 12.1 Å². The zero-order valence-corrected chi connectivity index (χ0v) is 13.2. The fourth-order valence-electron chi connectivity index (χ4n) is 2.45. The third-order valence-corrected chi connectivity index (χ3v) is 3.57. The van der Waals surface area contributed by atoms with Gasteiger partial charge in [-0.05, 0) is 25.5 Å². The maximum Gasteiger partial charge on any atom is 0.334 e. The van der Waals surface area contributed by atoms with Crippen molar-refractivity contribution in [2.24, 2.45) is 0 Å². The number of benzene rings is 1. The summed E-state index contributed by atoms with van der Waals surface area (Å²) in [5, 5.41) is 9.00. The number of hydrogen-bond donors (Lipinski definition) is 1. The molecule has 2 rings (SSSR count). The fourth-order valence-corrected chi connectivity index (χ4v) is 2.45. The lowest BCUT2D eigenvalue weighted by molar-refractivity contribution is -0.166. The van der Waals surface area contributed by atoms with E-state index in [9.17, 15) is 18.4 Å². The lowest BCUT2D eigenvalue weighted by Gasteiger charge is -2.35. The maximum absolute atomic E-state index is 13.4. The maximum atomic E-state index is 13.4. The summed E-state index contributed by atoms with van der Waals surface area (Å²) in [6, 6.07) is 3.00. The number of nitrogens with zero attached hydrogens (tertiary/aromatic N) is 1. The van der Waals surface area contributed by atoms with Crippen molar-refractivity contribution in [3.63, 3.8) is 0 Å². The molecule has 132 valence electrons. The first-order valence-corrected chi connectivity index (χ1v) is 7.60. The van der Waals surface area contributed by atoms with Gasteiger partial charge in [-0.15, -0.1) is 0 Å². The van der Waals surface area contributed by atoms with Gasteiger partial charge in [0.15, 0.2) is 17.7 Å². The Morgan fingerprint density at radius 3 is 2.79 bits per heavy atom. The van der Waals surface area contributed by atoms with E-state index in [4.69, 9.17) is 14.6 Å². The molecular weight excluding hydrogens is 324 g/mol. The van der Waals surface area contributed by atoms with Gasteiger partial charge in [-0.2, -0.15) is 0 Å². The Morgan fingerprint density at radius 2 is 2.12 bits per heavy atom. The van der Waals surface area contributed by atoms with E-state index < -0.39 is 23.7 Å². The second-order valence-corrected chi connectivity index (χ2v) is 5.60. The van der Waals surface area contributed by atoms with E-state index in [2.05, 4.69) is 0 Å². The first-order chi connectivity index (χ1) is 11.4. The summed E-state index contributed by atoms with van der Waals surface area (Å²) >= 11 is 0. The number of morpholine rings is 1. The minimum Gasteiger partial charge on any atom is -0.491 e. The highest BCUT2D eigenvalue weighted by molar-refractivity contribution is 5.78. The van der Waals surface area contributed by atoms with Crippen molar-refractivity contribution in [1.82, 2.24) is 4.90 Å². The Hall–Kier alpha value is -2.22. The topological polar surface area (TPSA) is 76.1 Å². The molecule has 0 bridgehead atoms. The highest BCUT2D eigenvalue weighted by Gasteiger charge is 2.32. The molecule has 6 nitrogen and oxygen atoms in total. The number of ether oxygens (including phenoxy) is 2. The van der Waals surface area contributed by atoms with Crippen LogP contribution in [0.3, 0.4) is 0 Å². The van der Waals surface area contributed by atoms with Gasteiger partial charge in [-0.1, -0.05) is 0 Å². The molecular formula is C16H19F2NO5. The number of carbonyl (C=O) groups excluding carboxylic acids is 1. The molecule has 1 unspecified atom stereocenters. The predicted octanol–water partition coefficient (Wildman–Crippen LogP) is 1.82. The monoisotopic (exact) mass is 343 g/mol. The molecule has 0 saturated carbocycles. The first kappa shape index (κ1) is 18.1. The Balaban J connectivity index is 1.77. The number of rotatable bonds is 6. The molecule has 1 N–H and O–H groups in total. The van der Waals surface area contributed by atoms with Gasteiger partial charge in [0.05, 0.1) is 19.3 Å². The molecule has 8 heteroatoms. The summed E-state index contributed by atoms with van der Waals surface area (Å²) < 4.78 is 36.6. The van der Waals surface area contributed by atoms with Crippen LogP contribution in [0.4, 0.5) is 8.78 Å². The van der Waals surface area contributed by atoms with Crippen molar-refractivity contribution in [2.75, 3.05) is 19.7 Å². The van der Waals surface area contributed by atoms with Crippen LogP contribution in [0.15, 0.2) is 18.2 Å². The van der Waals surface area contributed by atoms with Gasteiger partial charge in [-0.25, -0.2) is 13.6 Å². The molecule has 0 radical (unpaired) electrons. The Labute approximate surface area is 138 Å². The van der Waals surface area contributed by atoms with Crippen molar-refractivity contribution in [1.29, 1.82) is 0 Å². The molecule has 1 amide bonds. The molecule has 2 atom stereocenters. The minimum atomic E-state index is -1.10. The highest BCUT2D eigenvalue weighted by Crippen LogP contribution is 2.18. The van der Waals surface area contributed by atoms with E-state index in [-0.39, 0.29) is 37.3 Å². The highest BCUT2D eigenvalue weighted by atomic mass is 19.1. The van der Waals surface area contributed by atoms with E-state index >= 15 is 0 Å². The van der Waals surface area contributed by atoms with E-state index in [1.165, 1.54) is 11.0 Å². The van der Waals surface area contributed by atoms with Crippen molar-refractivity contribution in [3.05, 3.63) is 29.8 Å². The number of halogens is 2. The molecule has 0 spiro atoms. The van der Waals surface area contributed by atoms with Gasteiger partial charge < -0.3 is 19.5 Å². The quantitative estimate of drug-likeness (QED) is 0.798. The average Bonchev–Trinajstić information content (AvgIpc) is 2.52. The number of carbonyl (C=O) groups is 2. The molecule has 0 aliphatic carbocycles. The molecule has 1 aliphatic heterocycles. The number of carboxylic acids is 1. The van der Waals surface area contributed by atoms with Crippen LogP contribution in [0, 0.1) is 11.6 Å². The van der Waals surface area contributed by atoms with E-state index in [1.807, 2.05) is 0 Å². The van der Waals surface area contributed by atoms with Crippen LogP contribution in [0.25, 0.3) is 0 Å². The predicted molar refractivity (Wildman–Crippen MR) is 79.6 cm³/mol. The van der Waals surface area contributed by atoms with E-state index in [0.29, 0.717) is 13.0 Å². The molecule has 1 heterocycles. The van der Waals surface area contributed by atoms with Gasteiger partial charge in [0.1, 0.15) is 5.82 Å². The van der Waals surface area contributed by atoms with Crippen LogP contribution in [-0.4, -0.2) is 53.8 Å². The number of carboxylic acid groups (broad SMARTS) is 1. The molecule has 0 aromatic heterocycles. The lowest BCUT2D eigenvalue weighted by atomic mass is 10.2. The fraction of sp³-hybridized carbons (Fsp3) is 0.500. The van der Waals surface area contributed by atoms with Crippen LogP contribution in [0.2, 0.25) is 0 Å². The Bertz CT molecular complexity index is 610. The summed E-state index contributed by atoms with van der Waals surface area (Å²) in [5.41, 5.74) is 0. The van der Waals surface area contributed by atoms with Gasteiger partial charge in [0.25, 0.3) is 0 Å². The largest absolute Gasteiger partial charge is 0.491 e. The lowest BCUT2D eigenvalue weighted by Crippen LogP contribution is -2.51. The van der Waals surface area contributed by atoms with E-state index in [1.54, 1.807) is 6.92 Å². The molecule has 1 fully saturated rings. The summed E-state index contributed by atoms with van der Waals surface area (Å²) in [6.45, 7) is 2.13. The molecule has 1 saturated heterocycles. The first-order valence-electron chi connectivity index (χ1n) is 7.60. The summed E-state index contributed by atoms with van der Waals surface area (Å²) in [7, 11) is 0. The zero-order chi connectivity index (χ0) is 17.7. The van der Waals surface area contributed by atoms with Crippen LogP contribution in [-0.2, 0) is 14.3 Å². The van der Waals surface area contributed by atoms with Crippen LogP contribution in [0.1, 0.15) is 19.8 Å². The number of aliphatic carboxylic acids is 1. The third-order valence-electron chi connectivity index (χ3n) is 3.57. The molecule has 1 aromatic rings. The second-order valence-electron chi connectivity index (χ2n) is 5.60. The average molecular weight is 343 g/mol. The van der Waals surface area contributed by atoms with Gasteiger partial charge in [0, 0.05) is 19.0 Å². The number of hydrogen-bond acceptors (Lipinski definition) is 4. The standard InChI is InChI=1S/C16H19F2NO5/c1-10-8-19(9-14(24-10)16(21)22)15(20)3-2-6-23-13-5-4-11(17)7-12(13)18/h4-5,7,10,14H,2-3,6,8-9H2,1H3,(H,21,22)/t10-,14?/m1/s1. The van der Waals surface area contributed by atoms with Crippen LogP contribution < -0.4 is 4.74 Å². The second kappa shape index (κ2) is 8.05. The molecule has 1 aromatic carbocycles. The minimum absolute atomic E-state index is 0.00591. The van der Waals surface area contributed by atoms with Crippen molar-refractivity contribution < 1.29 is 33.0 Å². The SMILES string of the molecule is C[C@@H]1CN(C(=O)CCCOc2ccc(F)cc2F)CC(C(=O)O)O1. The van der Waals surface area contributed by atoms with Crippen molar-refractivity contribution in [3.8, 4) is 5.75 Å². The zero-order valence-electron chi connectivity index (χ0n) is 13.2. The summed E-state index contributed by atoms with van der Waals surface area (Å²) in [4.78, 5) is 24.6. The van der Waals surface area contributed by atoms with Crippen LogP contribution >= 0.6 is 0 Å². The van der Waals surface area contributed by atoms with Gasteiger partial charge in [-0.3, -0.25) is 4.79 Å². The molecule has 24 heavy (non-hydrogen) atoms. The van der Waals surface area contributed by atoms with Crippen LogP contribution in [0.5, 0.6) is 5.75 Å². The smallest absolute Gasteiger partial charge is 0.334 e. The Kier molecular flexibility index (Phi) is 6.08. The van der Waals surface area contributed by atoms with Gasteiger partial charge in [0.2, 0.25) is 5.91 Å². The normalized spacial score (nSPS) is 20.7. The summed E-state index contributed by atoms with van der Waals surface area (Å²) in [5.74, 6) is -2.87. The Morgan fingerprint density at radius 1 is 1.38 bits per heavy atom. The molecule has 1 aliphatic rings. The summed E-state index contributed by atoms with van der Waals surface area (Å²) in [6.07, 6.45) is -0.906. The van der Waals surface area contributed by atoms with Gasteiger partial charge >= 0.3 is 5.97 Å². The van der Waals surface area contributed by atoms with Crippen molar-refractivity contribution in [2.45, 2.75) is 32.0 Å². The van der Waals surface area contributed by atoms with Crippen molar-refractivity contribution >= 4 is 11.9 Å². The number of amides is 1. The third kappa shape index (κ3) is 4.89.